The highest BCUT2D eigenvalue weighted by Crippen LogP contribution is 2.36. The first-order valence-corrected chi connectivity index (χ1v) is 12.1. The van der Waals surface area contributed by atoms with Crippen molar-refractivity contribution in [2.24, 2.45) is 11.8 Å². The molecular weight excluding hydrogens is 467 g/mol. The molecule has 4 rings (SSSR count). The zero-order chi connectivity index (χ0) is 25.7. The second-order valence-electron chi connectivity index (χ2n) is 9.77. The number of hydrogen-bond acceptors (Lipinski definition) is 6. The molecule has 1 aromatic heterocycles. The zero-order valence-corrected chi connectivity index (χ0v) is 20.2. The Morgan fingerprint density at radius 2 is 2.06 bits per heavy atom. The van der Waals surface area contributed by atoms with Gasteiger partial charge in [0, 0.05) is 18.2 Å². The summed E-state index contributed by atoms with van der Waals surface area (Å²) >= 11 is 0. The van der Waals surface area contributed by atoms with Gasteiger partial charge >= 0.3 is 12.1 Å². The molecule has 9 nitrogen and oxygen atoms in total. The van der Waals surface area contributed by atoms with Crippen molar-refractivity contribution < 1.29 is 28.6 Å². The number of fused-ring (bicyclic) bond motifs is 1. The van der Waals surface area contributed by atoms with Crippen molar-refractivity contribution in [2.75, 3.05) is 18.4 Å². The van der Waals surface area contributed by atoms with E-state index in [2.05, 4.69) is 28.1 Å². The van der Waals surface area contributed by atoms with E-state index >= 15 is 0 Å². The number of aliphatic carboxylic acids is 1. The largest absolute Gasteiger partial charge is 0.479 e. The van der Waals surface area contributed by atoms with E-state index in [4.69, 9.17) is 9.72 Å². The van der Waals surface area contributed by atoms with Crippen molar-refractivity contribution in [1.29, 1.82) is 0 Å². The molecule has 36 heavy (non-hydrogen) atoms. The van der Waals surface area contributed by atoms with Crippen molar-refractivity contribution in [3.8, 4) is 0 Å². The summed E-state index contributed by atoms with van der Waals surface area (Å²) < 4.78 is 18.3. The van der Waals surface area contributed by atoms with Gasteiger partial charge in [0.05, 0.1) is 6.54 Å². The molecule has 10 heteroatoms. The van der Waals surface area contributed by atoms with Crippen LogP contribution in [0.3, 0.4) is 0 Å². The highest BCUT2D eigenvalue weighted by molar-refractivity contribution is 5.86. The molecule has 4 N–H and O–H groups in total. The number of halogens is 1. The minimum atomic E-state index is -1.77. The molecule has 2 aromatic rings. The average Bonchev–Trinajstić information content (AvgIpc) is 2.83. The Balaban J connectivity index is 1.22. The van der Waals surface area contributed by atoms with Gasteiger partial charge in [-0.3, -0.25) is 4.79 Å². The smallest absolute Gasteiger partial charge is 0.408 e. The van der Waals surface area contributed by atoms with Crippen LogP contribution in [0.2, 0.25) is 0 Å². The summed E-state index contributed by atoms with van der Waals surface area (Å²) in [7, 11) is 0. The summed E-state index contributed by atoms with van der Waals surface area (Å²) in [5.41, 5.74) is 0.907. The van der Waals surface area contributed by atoms with Gasteiger partial charge in [-0.2, -0.15) is 0 Å². The number of rotatable bonds is 9. The van der Waals surface area contributed by atoms with Crippen LogP contribution >= 0.6 is 0 Å². The number of hydrogen-bond donors (Lipinski definition) is 4. The van der Waals surface area contributed by atoms with Gasteiger partial charge in [-0.1, -0.05) is 18.2 Å². The maximum atomic E-state index is 13.3. The number of aryl methyl sites for hydroxylation is 1. The van der Waals surface area contributed by atoms with Crippen LogP contribution in [0.1, 0.15) is 43.0 Å². The maximum Gasteiger partial charge on any atom is 0.408 e. The molecule has 2 heterocycles. The standard InChI is InChI=1S/C26H31FN4O5/c1-26(24(33)34,31-25(35)36-14-16-4-2-6-20(27)12-16)15-29-23(32)19-10-17(11-19)13-21-8-7-18-5-3-9-28-22(18)30-21/h2,4,6-8,12,17,19H,3,5,9-11,13-15H2,1H3,(H,28,30)(H,29,32)(H,31,35)(H,33,34)/t17?,19?,26-/m1/s1. The lowest BCUT2D eigenvalue weighted by Crippen LogP contribution is -2.59. The molecular formula is C26H31FN4O5. The molecule has 192 valence electrons. The highest BCUT2D eigenvalue weighted by Gasteiger charge is 2.39. The lowest BCUT2D eigenvalue weighted by atomic mass is 9.72. The van der Waals surface area contributed by atoms with E-state index in [1.54, 1.807) is 6.07 Å². The SMILES string of the molecule is C[C@](CNC(=O)C1CC(Cc2ccc3c(n2)NCCC3)C1)(NC(=O)OCc1cccc(F)c1)C(=O)O. The number of carboxylic acid groups (broad SMARTS) is 1. The van der Waals surface area contributed by atoms with Crippen LogP contribution in [-0.4, -0.2) is 46.7 Å². The van der Waals surface area contributed by atoms with Gasteiger partial charge in [0.2, 0.25) is 5.91 Å². The minimum Gasteiger partial charge on any atom is -0.479 e. The van der Waals surface area contributed by atoms with E-state index in [1.807, 2.05) is 0 Å². The zero-order valence-electron chi connectivity index (χ0n) is 20.2. The summed E-state index contributed by atoms with van der Waals surface area (Å²) in [5, 5.41) is 17.9. The van der Waals surface area contributed by atoms with Crippen LogP contribution in [0.4, 0.5) is 15.0 Å². The molecule has 0 saturated heterocycles. The summed E-state index contributed by atoms with van der Waals surface area (Å²) in [6, 6.07) is 9.72. The number of ether oxygens (including phenoxy) is 1. The molecule has 0 spiro atoms. The van der Waals surface area contributed by atoms with Crippen LogP contribution in [0.5, 0.6) is 0 Å². The van der Waals surface area contributed by atoms with Gasteiger partial charge in [0.1, 0.15) is 18.2 Å². The van der Waals surface area contributed by atoms with E-state index in [0.29, 0.717) is 24.3 Å². The van der Waals surface area contributed by atoms with Gasteiger partial charge in [-0.05, 0) is 74.3 Å². The van der Waals surface area contributed by atoms with Gasteiger partial charge in [-0.15, -0.1) is 0 Å². The van der Waals surface area contributed by atoms with E-state index in [-0.39, 0.29) is 25.0 Å². The normalized spacial score (nSPS) is 20.1. The van der Waals surface area contributed by atoms with Gasteiger partial charge in [0.25, 0.3) is 0 Å². The number of nitrogens with zero attached hydrogens (tertiary/aromatic N) is 1. The number of anilines is 1. The number of carboxylic acids is 1. The molecule has 1 saturated carbocycles. The van der Waals surface area contributed by atoms with E-state index in [0.717, 1.165) is 37.3 Å². The van der Waals surface area contributed by atoms with Crippen LogP contribution in [-0.2, 0) is 33.8 Å². The summed E-state index contributed by atoms with van der Waals surface area (Å²) in [6.07, 6.45) is 3.37. The number of carbonyl (C=O) groups excluding carboxylic acids is 2. The third-order valence-electron chi connectivity index (χ3n) is 6.78. The Hall–Kier alpha value is -3.69. The van der Waals surface area contributed by atoms with Gasteiger partial charge in [-0.25, -0.2) is 19.0 Å². The van der Waals surface area contributed by atoms with Gasteiger partial charge in [0.15, 0.2) is 5.54 Å². The fraction of sp³-hybridized carbons (Fsp3) is 0.462. The molecule has 1 aromatic carbocycles. The van der Waals surface area contributed by atoms with Crippen LogP contribution in [0.15, 0.2) is 36.4 Å². The molecule has 1 aliphatic heterocycles. The number of amides is 2. The van der Waals surface area contributed by atoms with E-state index < -0.39 is 23.4 Å². The molecule has 0 radical (unpaired) electrons. The van der Waals surface area contributed by atoms with Crippen LogP contribution < -0.4 is 16.0 Å². The first-order chi connectivity index (χ1) is 17.2. The minimum absolute atomic E-state index is 0.205. The molecule has 1 atom stereocenters. The van der Waals surface area contributed by atoms with Crippen LogP contribution in [0, 0.1) is 17.7 Å². The summed E-state index contributed by atoms with van der Waals surface area (Å²) in [4.78, 5) is 41.3. The second-order valence-corrected chi connectivity index (χ2v) is 9.77. The fourth-order valence-electron chi connectivity index (χ4n) is 4.51. The predicted octanol–water partition coefficient (Wildman–Crippen LogP) is 3.03. The predicted molar refractivity (Wildman–Crippen MR) is 130 cm³/mol. The Morgan fingerprint density at radius 3 is 2.81 bits per heavy atom. The number of pyridine rings is 1. The number of benzene rings is 1. The van der Waals surface area contributed by atoms with Gasteiger partial charge < -0.3 is 25.8 Å². The lowest BCUT2D eigenvalue weighted by Gasteiger charge is -2.35. The highest BCUT2D eigenvalue weighted by atomic mass is 19.1. The number of nitrogens with one attached hydrogen (secondary N) is 3. The second kappa shape index (κ2) is 10.9. The van der Waals surface area contributed by atoms with Crippen molar-refractivity contribution >= 4 is 23.8 Å². The Bertz CT molecular complexity index is 1140. The molecule has 1 aliphatic carbocycles. The molecule has 2 aliphatic rings. The number of aromatic nitrogens is 1. The molecule has 0 bridgehead atoms. The van der Waals surface area contributed by atoms with Crippen molar-refractivity contribution in [2.45, 2.75) is 51.2 Å². The van der Waals surface area contributed by atoms with Crippen LogP contribution in [0.25, 0.3) is 0 Å². The van der Waals surface area contributed by atoms with Crippen molar-refractivity contribution in [3.63, 3.8) is 0 Å². The summed E-state index contributed by atoms with van der Waals surface area (Å²) in [6.45, 7) is 1.71. The van der Waals surface area contributed by atoms with E-state index in [9.17, 15) is 23.9 Å². The summed E-state index contributed by atoms with van der Waals surface area (Å²) in [5.74, 6) is -0.927. The Kier molecular flexibility index (Phi) is 7.71. The molecule has 0 unspecified atom stereocenters. The maximum absolute atomic E-state index is 13.3. The topological polar surface area (TPSA) is 130 Å². The van der Waals surface area contributed by atoms with Crippen molar-refractivity contribution in [1.82, 2.24) is 15.6 Å². The fourth-order valence-corrected chi connectivity index (χ4v) is 4.51. The Labute approximate surface area is 208 Å². The quantitative estimate of drug-likeness (QED) is 0.418. The monoisotopic (exact) mass is 498 g/mol. The first-order valence-electron chi connectivity index (χ1n) is 12.1. The van der Waals surface area contributed by atoms with Crippen molar-refractivity contribution in [3.05, 3.63) is 59.0 Å². The number of alkyl carbamates (subject to hydrolysis) is 1. The molecule has 2 amide bonds. The molecule has 1 fully saturated rings. The van der Waals surface area contributed by atoms with E-state index in [1.165, 1.54) is 30.7 Å². The third kappa shape index (κ3) is 6.30. The lowest BCUT2D eigenvalue weighted by molar-refractivity contribution is -0.144. The third-order valence-corrected chi connectivity index (χ3v) is 6.78. The average molecular weight is 499 g/mol. The first kappa shape index (κ1) is 25.4. The number of carbonyl (C=O) groups is 3. The Morgan fingerprint density at radius 1 is 1.25 bits per heavy atom.